The van der Waals surface area contributed by atoms with Crippen LogP contribution in [0.2, 0.25) is 0 Å². The summed E-state index contributed by atoms with van der Waals surface area (Å²) in [5.74, 6) is 0.735. The lowest BCUT2D eigenvalue weighted by Gasteiger charge is -2.41. The number of hydrogen-bond donors (Lipinski definition) is 3. The highest BCUT2D eigenvalue weighted by Crippen LogP contribution is 2.32. The fourth-order valence-corrected chi connectivity index (χ4v) is 3.89. The third-order valence-electron chi connectivity index (χ3n) is 5.64. The molecule has 4 heterocycles. The lowest BCUT2D eigenvalue weighted by Crippen LogP contribution is -2.57. The van der Waals surface area contributed by atoms with E-state index in [1.807, 2.05) is 12.1 Å². The molecular weight excluding hydrogens is 370 g/mol. The molecule has 0 bridgehead atoms. The lowest BCUT2D eigenvalue weighted by atomic mass is 10.0. The monoisotopic (exact) mass is 393 g/mol. The predicted molar refractivity (Wildman–Crippen MR) is 107 cm³/mol. The first-order valence-electron chi connectivity index (χ1n) is 9.78. The number of nitrogens with one attached hydrogen (secondary N) is 2. The van der Waals surface area contributed by atoms with Crippen molar-refractivity contribution >= 4 is 5.95 Å². The maximum Gasteiger partial charge on any atom is 0.245 e. The van der Waals surface area contributed by atoms with Crippen LogP contribution in [0.1, 0.15) is 19.8 Å². The highest BCUT2D eigenvalue weighted by molar-refractivity contribution is 5.73. The summed E-state index contributed by atoms with van der Waals surface area (Å²) < 4.78 is 5.63. The Balaban J connectivity index is 1.28. The largest absolute Gasteiger partial charge is 0.507 e. The van der Waals surface area contributed by atoms with Crippen LogP contribution in [0, 0.1) is 0 Å². The van der Waals surface area contributed by atoms with Crippen LogP contribution in [0.25, 0.3) is 22.4 Å². The Kier molecular flexibility index (Phi) is 4.40. The van der Waals surface area contributed by atoms with E-state index in [4.69, 9.17) is 4.74 Å². The zero-order chi connectivity index (χ0) is 19.8. The molecule has 2 unspecified atom stereocenters. The van der Waals surface area contributed by atoms with Gasteiger partial charge in [0.1, 0.15) is 17.2 Å². The lowest BCUT2D eigenvalue weighted by molar-refractivity contribution is -0.159. The van der Waals surface area contributed by atoms with E-state index in [9.17, 15) is 5.11 Å². The molecule has 9 heteroatoms. The summed E-state index contributed by atoms with van der Waals surface area (Å²) >= 11 is 0. The second kappa shape index (κ2) is 7.09. The molecule has 2 atom stereocenters. The molecule has 2 aliphatic heterocycles. The van der Waals surface area contributed by atoms with Crippen LogP contribution in [0.5, 0.6) is 5.75 Å². The van der Waals surface area contributed by atoms with Crippen LogP contribution >= 0.6 is 0 Å². The summed E-state index contributed by atoms with van der Waals surface area (Å²) in [5, 5.41) is 29.3. The van der Waals surface area contributed by atoms with E-state index in [1.165, 1.54) is 0 Å². The first-order chi connectivity index (χ1) is 14.1. The number of H-pyrrole nitrogens is 1. The minimum absolute atomic E-state index is 0.131. The molecule has 0 amide bonds. The highest BCUT2D eigenvalue weighted by Gasteiger charge is 2.37. The molecule has 2 aromatic heterocycles. The topological polar surface area (TPSA) is 112 Å². The van der Waals surface area contributed by atoms with E-state index in [-0.39, 0.29) is 11.5 Å². The summed E-state index contributed by atoms with van der Waals surface area (Å²) in [7, 11) is 0. The van der Waals surface area contributed by atoms with Crippen molar-refractivity contribution in [2.75, 3.05) is 24.6 Å². The quantitative estimate of drug-likeness (QED) is 0.603. The second-order valence-electron chi connectivity index (χ2n) is 7.77. The number of ether oxygens (including phenoxy) is 1. The highest BCUT2D eigenvalue weighted by atomic mass is 16.5. The smallest absolute Gasteiger partial charge is 0.245 e. The van der Waals surface area contributed by atoms with Crippen molar-refractivity contribution < 1.29 is 9.84 Å². The number of anilines is 1. The summed E-state index contributed by atoms with van der Waals surface area (Å²) in [6, 6.07) is 5.77. The Morgan fingerprint density at radius 2 is 2.17 bits per heavy atom. The van der Waals surface area contributed by atoms with Crippen molar-refractivity contribution in [2.24, 2.45) is 0 Å². The summed E-state index contributed by atoms with van der Waals surface area (Å²) in [6.45, 7) is 4.62. The first kappa shape index (κ1) is 18.0. The number of aromatic nitrogens is 5. The zero-order valence-corrected chi connectivity index (χ0v) is 16.2. The van der Waals surface area contributed by atoms with Crippen molar-refractivity contribution in [1.29, 1.82) is 0 Å². The number of aromatic amines is 1. The van der Waals surface area contributed by atoms with Crippen LogP contribution in [-0.2, 0) is 4.74 Å². The van der Waals surface area contributed by atoms with Crippen molar-refractivity contribution in [3.05, 3.63) is 36.8 Å². The van der Waals surface area contributed by atoms with Crippen molar-refractivity contribution in [2.45, 2.75) is 31.5 Å². The number of phenolic OH excluding ortho intramolecular Hbond substituents is 1. The molecule has 0 saturated carbocycles. The predicted octanol–water partition coefficient (Wildman–Crippen LogP) is 1.94. The van der Waals surface area contributed by atoms with Crippen molar-refractivity contribution in [3.8, 4) is 28.1 Å². The molecule has 29 heavy (non-hydrogen) atoms. The number of phenols is 1. The van der Waals surface area contributed by atoms with E-state index < -0.39 is 0 Å². The van der Waals surface area contributed by atoms with Gasteiger partial charge in [0.05, 0.1) is 19.0 Å². The molecule has 2 fully saturated rings. The Morgan fingerprint density at radius 1 is 1.28 bits per heavy atom. The molecule has 2 aliphatic rings. The first-order valence-corrected chi connectivity index (χ1v) is 9.78. The van der Waals surface area contributed by atoms with Gasteiger partial charge in [-0.15, -0.1) is 10.2 Å². The number of rotatable bonds is 5. The average Bonchev–Trinajstić information content (AvgIpc) is 3.39. The fraction of sp³-hybridized carbons (Fsp3) is 0.400. The van der Waals surface area contributed by atoms with Gasteiger partial charge in [-0.05, 0) is 31.0 Å². The van der Waals surface area contributed by atoms with Crippen molar-refractivity contribution in [1.82, 2.24) is 30.7 Å². The normalized spacial score (nSPS) is 23.9. The van der Waals surface area contributed by atoms with Gasteiger partial charge >= 0.3 is 0 Å². The molecule has 9 nitrogen and oxygen atoms in total. The van der Waals surface area contributed by atoms with Crippen LogP contribution in [0.15, 0.2) is 36.8 Å². The Labute approximate surface area is 168 Å². The molecule has 5 rings (SSSR count). The minimum Gasteiger partial charge on any atom is -0.507 e. The van der Waals surface area contributed by atoms with Gasteiger partial charge in [0.2, 0.25) is 5.95 Å². The number of aromatic hydroxyl groups is 1. The Hall–Kier alpha value is -3.04. The van der Waals surface area contributed by atoms with Crippen LogP contribution in [0.3, 0.4) is 0 Å². The molecule has 1 aromatic carbocycles. The van der Waals surface area contributed by atoms with E-state index in [1.54, 1.807) is 24.7 Å². The second-order valence-corrected chi connectivity index (χ2v) is 7.77. The molecule has 150 valence electrons. The molecule has 0 radical (unpaired) electrons. The van der Waals surface area contributed by atoms with Gasteiger partial charge in [-0.2, -0.15) is 5.10 Å². The molecule has 0 aliphatic carbocycles. The van der Waals surface area contributed by atoms with Gasteiger partial charge in [-0.3, -0.25) is 10.4 Å². The number of hydrogen-bond acceptors (Lipinski definition) is 8. The van der Waals surface area contributed by atoms with Gasteiger partial charge < -0.3 is 14.7 Å². The van der Waals surface area contributed by atoms with Crippen molar-refractivity contribution in [3.63, 3.8) is 0 Å². The number of nitrogens with zero attached hydrogens (tertiary/aromatic N) is 5. The van der Waals surface area contributed by atoms with Crippen LogP contribution < -0.4 is 10.2 Å². The Bertz CT molecular complexity index is 987. The van der Waals surface area contributed by atoms with Gasteiger partial charge in [0.25, 0.3) is 0 Å². The third kappa shape index (κ3) is 3.54. The maximum absolute atomic E-state index is 10.4. The van der Waals surface area contributed by atoms with Gasteiger partial charge in [0, 0.05) is 42.9 Å². The fourth-order valence-electron chi connectivity index (χ4n) is 3.89. The molecule has 3 N–H and O–H groups in total. The molecule has 0 spiro atoms. The Morgan fingerprint density at radius 3 is 2.83 bits per heavy atom. The number of benzene rings is 1. The summed E-state index contributed by atoms with van der Waals surface area (Å²) in [5.41, 5.74) is 2.72. The van der Waals surface area contributed by atoms with Crippen LogP contribution in [0.4, 0.5) is 5.95 Å². The minimum atomic E-state index is -0.191. The summed E-state index contributed by atoms with van der Waals surface area (Å²) in [6.07, 6.45) is 7.20. The SMILES string of the molecule is CC1(NC2CCN(c3ncc(-c4ccc(-c5cn[nH]c5)cc4O)nn3)C2)CCO1. The van der Waals surface area contributed by atoms with Gasteiger partial charge in [-0.1, -0.05) is 6.07 Å². The molecule has 3 aromatic rings. The van der Waals surface area contributed by atoms with Crippen LogP contribution in [-0.4, -0.2) is 61.9 Å². The third-order valence-corrected chi connectivity index (χ3v) is 5.64. The molecular formula is C20H23N7O2. The van der Waals surface area contributed by atoms with E-state index >= 15 is 0 Å². The van der Waals surface area contributed by atoms with E-state index in [0.717, 1.165) is 43.7 Å². The standard InChI is InChI=1S/C20H23N7O2/c1-20(5-7-29-20)24-15-4-6-27(12-15)19-21-11-17(25-26-19)16-3-2-13(8-18(16)28)14-9-22-23-10-14/h2-3,8-11,15,24,28H,4-7,12H2,1H3,(H,22,23). The zero-order valence-electron chi connectivity index (χ0n) is 16.2. The summed E-state index contributed by atoms with van der Waals surface area (Å²) in [4.78, 5) is 6.61. The van der Waals surface area contributed by atoms with E-state index in [2.05, 4.69) is 42.5 Å². The average molecular weight is 393 g/mol. The van der Waals surface area contributed by atoms with Gasteiger partial charge in [0.15, 0.2) is 0 Å². The van der Waals surface area contributed by atoms with E-state index in [0.29, 0.717) is 23.2 Å². The maximum atomic E-state index is 10.4. The van der Waals surface area contributed by atoms with Gasteiger partial charge in [-0.25, -0.2) is 4.98 Å². The molecule has 2 saturated heterocycles.